The van der Waals surface area contributed by atoms with E-state index in [-0.39, 0.29) is 0 Å². The minimum absolute atomic E-state index is 0.309. The second-order valence-corrected chi connectivity index (χ2v) is 3.00. The van der Waals surface area contributed by atoms with E-state index in [0.717, 1.165) is 0 Å². The largest absolute Gasteiger partial charge is 0.394 e. The number of hydrogen-bond acceptors (Lipinski definition) is 8. The summed E-state index contributed by atoms with van der Waals surface area (Å²) in [4.78, 5) is 0. The molecule has 0 aromatic heterocycles. The Hall–Kier alpha value is -0.320. The number of nitrogens with two attached hydrogens (primary N) is 1. The molecule has 0 spiro atoms. The van der Waals surface area contributed by atoms with Crippen LogP contribution in [0.3, 0.4) is 0 Å². The molecule has 0 saturated heterocycles. The first-order chi connectivity index (χ1) is 6.74. The van der Waals surface area contributed by atoms with Crippen molar-refractivity contribution in [2.75, 3.05) is 26.4 Å². The fourth-order valence-electron chi connectivity index (χ4n) is 0.387. The van der Waals surface area contributed by atoms with Crippen LogP contribution in [0.5, 0.6) is 0 Å². The molecule has 0 radical (unpaired) electrons. The molecule has 0 aliphatic heterocycles. The van der Waals surface area contributed by atoms with E-state index >= 15 is 0 Å². The lowest BCUT2D eigenvalue weighted by Gasteiger charge is -2.20. The Bertz CT molecular complexity index is 137. The molecule has 0 saturated carbocycles. The smallest absolute Gasteiger partial charge is 0.343 e. The average Bonchev–Trinajstić information content (AvgIpc) is 2.16. The Kier molecular flexibility index (Phi) is 9.01. The predicted octanol–water partition coefficient (Wildman–Crippen LogP) is -4.16. The lowest BCUT2D eigenvalue weighted by molar-refractivity contribution is -0.330. The monoisotopic (exact) mass is 228 g/mol. The predicted molar refractivity (Wildman–Crippen MR) is 51.2 cm³/mol. The van der Waals surface area contributed by atoms with Crippen molar-refractivity contribution < 1.29 is 30.6 Å². The van der Waals surface area contributed by atoms with Crippen molar-refractivity contribution in [1.29, 1.82) is 0 Å². The Morgan fingerprint density at radius 2 is 1.33 bits per heavy atom. The molecule has 0 aliphatic rings. The highest BCUT2D eigenvalue weighted by molar-refractivity contribution is 4.80. The standard InChI is InChI=1S/C4H11NO3.C3H9NO3/c5-4(1-6,2-7)3-8;1-2-4-3(5,6)7/h6-8H,1-3,5H2;4-7H,2H2,1H3. The van der Waals surface area contributed by atoms with Gasteiger partial charge in [-0.05, 0) is 6.54 Å². The molecule has 0 bridgehead atoms. The van der Waals surface area contributed by atoms with Crippen molar-refractivity contribution in [1.82, 2.24) is 5.32 Å². The van der Waals surface area contributed by atoms with Crippen molar-refractivity contribution >= 4 is 0 Å². The summed E-state index contributed by atoms with van der Waals surface area (Å²) in [5.41, 5.74) is 3.94. The van der Waals surface area contributed by atoms with Gasteiger partial charge in [0.25, 0.3) is 0 Å². The normalized spacial score (nSPS) is 12.0. The maximum absolute atomic E-state index is 8.34. The van der Waals surface area contributed by atoms with E-state index < -0.39 is 31.5 Å². The zero-order valence-electron chi connectivity index (χ0n) is 8.59. The van der Waals surface area contributed by atoms with Gasteiger partial charge in [-0.2, -0.15) is 0 Å². The summed E-state index contributed by atoms with van der Waals surface area (Å²) in [7, 11) is 0. The van der Waals surface area contributed by atoms with Gasteiger partial charge in [0.15, 0.2) is 0 Å². The molecule has 0 rings (SSSR count). The molecular weight excluding hydrogens is 208 g/mol. The second-order valence-electron chi connectivity index (χ2n) is 3.00. The fraction of sp³-hybridized carbons (Fsp3) is 1.00. The van der Waals surface area contributed by atoms with Gasteiger partial charge in [-0.1, -0.05) is 6.92 Å². The number of rotatable bonds is 5. The molecule has 0 aliphatic carbocycles. The Morgan fingerprint density at radius 1 is 1.00 bits per heavy atom. The first-order valence-corrected chi connectivity index (χ1v) is 4.28. The van der Waals surface area contributed by atoms with Crippen molar-refractivity contribution in [2.45, 2.75) is 18.6 Å². The third kappa shape index (κ3) is 11.6. The summed E-state index contributed by atoms with van der Waals surface area (Å²) in [6.45, 7) is 0.737. The van der Waals surface area contributed by atoms with Gasteiger partial charge in [0.2, 0.25) is 0 Å². The van der Waals surface area contributed by atoms with E-state index in [1.165, 1.54) is 0 Å². The summed E-state index contributed by atoms with van der Waals surface area (Å²) in [5, 5.41) is 51.0. The molecule has 0 fully saturated rings. The fourth-order valence-corrected chi connectivity index (χ4v) is 0.387. The van der Waals surface area contributed by atoms with Gasteiger partial charge < -0.3 is 36.4 Å². The highest BCUT2D eigenvalue weighted by Crippen LogP contribution is 1.93. The second kappa shape index (κ2) is 7.91. The minimum Gasteiger partial charge on any atom is -0.394 e. The van der Waals surface area contributed by atoms with Crippen LogP contribution in [0.4, 0.5) is 0 Å². The van der Waals surface area contributed by atoms with Crippen LogP contribution >= 0.6 is 0 Å². The highest BCUT2D eigenvalue weighted by Gasteiger charge is 2.20. The number of aliphatic hydroxyl groups is 6. The molecule has 0 atom stereocenters. The third-order valence-electron chi connectivity index (χ3n) is 1.36. The van der Waals surface area contributed by atoms with Crippen molar-refractivity contribution in [3.63, 3.8) is 0 Å². The summed E-state index contributed by atoms with van der Waals surface area (Å²) < 4.78 is 0. The molecule has 8 heteroatoms. The van der Waals surface area contributed by atoms with Crippen LogP contribution in [-0.2, 0) is 0 Å². The van der Waals surface area contributed by atoms with Gasteiger partial charge in [-0.25, -0.2) is 5.32 Å². The zero-order valence-corrected chi connectivity index (χ0v) is 8.59. The van der Waals surface area contributed by atoms with Crippen LogP contribution in [0.1, 0.15) is 6.92 Å². The topological polar surface area (TPSA) is 159 Å². The number of nitrogens with one attached hydrogen (secondary N) is 1. The Labute approximate surface area is 87.6 Å². The van der Waals surface area contributed by atoms with Crippen molar-refractivity contribution in [2.24, 2.45) is 5.73 Å². The lowest BCUT2D eigenvalue weighted by Crippen LogP contribution is -2.50. The summed E-state index contributed by atoms with van der Waals surface area (Å²) in [6, 6.07) is 0. The number of aliphatic hydroxyl groups excluding tert-OH is 3. The van der Waals surface area contributed by atoms with E-state index in [1.54, 1.807) is 6.92 Å². The molecule has 0 heterocycles. The maximum Gasteiger partial charge on any atom is 0.343 e. The van der Waals surface area contributed by atoms with Gasteiger partial charge in [0, 0.05) is 0 Å². The Balaban J connectivity index is 0. The van der Waals surface area contributed by atoms with Crippen LogP contribution in [0.2, 0.25) is 0 Å². The highest BCUT2D eigenvalue weighted by atomic mass is 16.7. The SMILES string of the molecule is CCNC(O)(O)O.NC(CO)(CO)CO. The first-order valence-electron chi connectivity index (χ1n) is 4.28. The third-order valence-corrected chi connectivity index (χ3v) is 1.36. The van der Waals surface area contributed by atoms with E-state index in [2.05, 4.69) is 0 Å². The molecule has 0 unspecified atom stereocenters. The van der Waals surface area contributed by atoms with Gasteiger partial charge in [0.1, 0.15) is 0 Å². The van der Waals surface area contributed by atoms with Gasteiger partial charge in [0.05, 0.1) is 25.4 Å². The van der Waals surface area contributed by atoms with Crippen LogP contribution in [-0.4, -0.2) is 68.6 Å². The van der Waals surface area contributed by atoms with Gasteiger partial charge in [-0.3, -0.25) is 0 Å². The molecule has 0 amide bonds. The first kappa shape index (κ1) is 17.1. The quantitative estimate of drug-likeness (QED) is 0.220. The van der Waals surface area contributed by atoms with Crippen LogP contribution in [0.15, 0.2) is 0 Å². The summed E-state index contributed by atoms with van der Waals surface area (Å²) >= 11 is 0. The van der Waals surface area contributed by atoms with Crippen LogP contribution in [0, 0.1) is 0 Å². The van der Waals surface area contributed by atoms with Crippen molar-refractivity contribution in [3.05, 3.63) is 0 Å². The molecule has 8 nitrogen and oxygen atoms in total. The van der Waals surface area contributed by atoms with Crippen molar-refractivity contribution in [3.8, 4) is 0 Å². The van der Waals surface area contributed by atoms with Gasteiger partial charge >= 0.3 is 6.10 Å². The Morgan fingerprint density at radius 3 is 1.33 bits per heavy atom. The van der Waals surface area contributed by atoms with E-state index in [4.69, 9.17) is 36.4 Å². The summed E-state index contributed by atoms with van der Waals surface area (Å²) in [6.07, 6.45) is -2.70. The molecule has 0 aromatic carbocycles. The molecule has 94 valence electrons. The van der Waals surface area contributed by atoms with Crippen LogP contribution < -0.4 is 11.1 Å². The average molecular weight is 228 g/mol. The molecular formula is C7H20N2O6. The van der Waals surface area contributed by atoms with Gasteiger partial charge in [-0.15, -0.1) is 0 Å². The van der Waals surface area contributed by atoms with E-state index in [0.29, 0.717) is 6.54 Å². The molecule has 9 N–H and O–H groups in total. The lowest BCUT2D eigenvalue weighted by atomic mass is 10.1. The zero-order chi connectivity index (χ0) is 12.5. The summed E-state index contributed by atoms with van der Waals surface area (Å²) in [5.74, 6) is 0. The van der Waals surface area contributed by atoms with Crippen LogP contribution in [0.25, 0.3) is 0 Å². The maximum atomic E-state index is 8.34. The molecule has 15 heavy (non-hydrogen) atoms. The number of hydrogen-bond donors (Lipinski definition) is 8. The minimum atomic E-state index is -2.70. The van der Waals surface area contributed by atoms with E-state index in [9.17, 15) is 0 Å². The molecule has 0 aromatic rings. The van der Waals surface area contributed by atoms with E-state index in [1.807, 2.05) is 5.32 Å².